The number of ether oxygens (including phenoxy) is 2. The van der Waals surface area contributed by atoms with Gasteiger partial charge in [0.15, 0.2) is 0 Å². The minimum absolute atomic E-state index is 0.0606. The first-order valence-electron chi connectivity index (χ1n) is 5.50. The topological polar surface area (TPSA) is 52.6 Å². The quantitative estimate of drug-likeness (QED) is 0.479. The summed E-state index contributed by atoms with van der Waals surface area (Å²) < 4.78 is 10.5. The fraction of sp³-hybridized carbons (Fsp3) is 0.385. The van der Waals surface area contributed by atoms with Gasteiger partial charge in [0.1, 0.15) is 11.5 Å². The molecule has 0 saturated heterocycles. The van der Waals surface area contributed by atoms with Crippen molar-refractivity contribution in [2.75, 3.05) is 0 Å². The van der Waals surface area contributed by atoms with E-state index in [1.807, 2.05) is 13.8 Å². The maximum atomic E-state index is 11.3. The van der Waals surface area contributed by atoms with E-state index in [2.05, 4.69) is 0 Å². The smallest absolute Gasteiger partial charge is 0.308 e. The Balaban J connectivity index is 3.27. The fourth-order valence-corrected chi connectivity index (χ4v) is 1.66. The molecule has 0 fully saturated rings. The van der Waals surface area contributed by atoms with Crippen LogP contribution in [0.25, 0.3) is 0 Å². The standard InChI is InChI=1S/C13H15ClO4/c1-7(2)17-12-6-10(18-9(4)15)5-11(8(12)3)13(14)16/h5-7H,1-4H3. The van der Waals surface area contributed by atoms with Crippen LogP contribution in [-0.4, -0.2) is 17.3 Å². The number of hydrogen-bond acceptors (Lipinski definition) is 4. The molecule has 1 aromatic rings. The molecule has 0 aromatic heterocycles. The largest absolute Gasteiger partial charge is 0.491 e. The molecule has 1 rings (SSSR count). The van der Waals surface area contributed by atoms with E-state index in [0.29, 0.717) is 11.3 Å². The highest BCUT2D eigenvalue weighted by Gasteiger charge is 2.15. The maximum Gasteiger partial charge on any atom is 0.308 e. The van der Waals surface area contributed by atoms with Crippen molar-refractivity contribution in [2.45, 2.75) is 33.8 Å². The molecular weight excluding hydrogens is 256 g/mol. The molecule has 5 heteroatoms. The third-order valence-electron chi connectivity index (χ3n) is 2.17. The number of halogens is 1. The van der Waals surface area contributed by atoms with Crippen molar-refractivity contribution in [1.29, 1.82) is 0 Å². The summed E-state index contributed by atoms with van der Waals surface area (Å²) in [6, 6.07) is 3.00. The van der Waals surface area contributed by atoms with E-state index in [9.17, 15) is 9.59 Å². The van der Waals surface area contributed by atoms with Crippen molar-refractivity contribution < 1.29 is 19.1 Å². The Labute approximate surface area is 111 Å². The predicted octanol–water partition coefficient (Wildman–Crippen LogP) is 3.09. The van der Waals surface area contributed by atoms with Crippen molar-refractivity contribution >= 4 is 22.8 Å². The predicted molar refractivity (Wildman–Crippen MR) is 68.4 cm³/mol. The molecule has 4 nitrogen and oxygen atoms in total. The summed E-state index contributed by atoms with van der Waals surface area (Å²) in [5, 5.41) is -0.616. The molecule has 0 radical (unpaired) electrons. The number of esters is 1. The van der Waals surface area contributed by atoms with Crippen LogP contribution in [0.4, 0.5) is 0 Å². The minimum atomic E-state index is -0.616. The van der Waals surface area contributed by atoms with Crippen molar-refractivity contribution in [3.63, 3.8) is 0 Å². The van der Waals surface area contributed by atoms with E-state index in [-0.39, 0.29) is 17.4 Å². The second-order valence-electron chi connectivity index (χ2n) is 4.13. The first kappa shape index (κ1) is 14.5. The highest BCUT2D eigenvalue weighted by molar-refractivity contribution is 6.68. The van der Waals surface area contributed by atoms with Gasteiger partial charge in [-0.3, -0.25) is 9.59 Å². The summed E-state index contributed by atoms with van der Waals surface area (Å²) in [6.07, 6.45) is -0.0606. The highest BCUT2D eigenvalue weighted by atomic mass is 35.5. The molecule has 0 saturated carbocycles. The Kier molecular flexibility index (Phi) is 4.73. The van der Waals surface area contributed by atoms with Gasteiger partial charge in [0.25, 0.3) is 5.24 Å². The highest BCUT2D eigenvalue weighted by Crippen LogP contribution is 2.30. The number of rotatable bonds is 4. The van der Waals surface area contributed by atoms with Gasteiger partial charge in [-0.15, -0.1) is 0 Å². The normalized spacial score (nSPS) is 10.3. The second kappa shape index (κ2) is 5.87. The molecular formula is C13H15ClO4. The van der Waals surface area contributed by atoms with E-state index in [0.717, 1.165) is 0 Å². The molecule has 0 aliphatic rings. The molecule has 0 aliphatic carbocycles. The fourth-order valence-electron chi connectivity index (χ4n) is 1.47. The third kappa shape index (κ3) is 3.74. The van der Waals surface area contributed by atoms with Gasteiger partial charge in [-0.2, -0.15) is 0 Å². The first-order valence-corrected chi connectivity index (χ1v) is 5.88. The zero-order valence-corrected chi connectivity index (χ0v) is 11.5. The molecule has 0 N–H and O–H groups in total. The molecule has 1 aromatic carbocycles. The van der Waals surface area contributed by atoms with Gasteiger partial charge in [0.2, 0.25) is 0 Å². The molecule has 98 valence electrons. The van der Waals surface area contributed by atoms with E-state index in [1.165, 1.54) is 13.0 Å². The van der Waals surface area contributed by atoms with Crippen molar-refractivity contribution in [3.05, 3.63) is 23.3 Å². The molecule has 0 spiro atoms. The Morgan fingerprint density at radius 1 is 1.28 bits per heavy atom. The number of carbonyl (C=O) groups excluding carboxylic acids is 2. The van der Waals surface area contributed by atoms with Gasteiger partial charge in [0, 0.05) is 24.1 Å². The number of benzene rings is 1. The SMILES string of the molecule is CC(=O)Oc1cc(OC(C)C)c(C)c(C(=O)Cl)c1. The number of carbonyl (C=O) groups is 2. The lowest BCUT2D eigenvalue weighted by molar-refractivity contribution is -0.131. The van der Waals surface area contributed by atoms with Crippen LogP contribution in [0.1, 0.15) is 36.7 Å². The van der Waals surface area contributed by atoms with Crippen LogP contribution in [0.5, 0.6) is 11.5 Å². The Bertz CT molecular complexity index is 480. The molecule has 0 atom stereocenters. The molecule has 0 heterocycles. The van der Waals surface area contributed by atoms with Crippen LogP contribution in [0, 0.1) is 6.92 Å². The van der Waals surface area contributed by atoms with Crippen LogP contribution in [-0.2, 0) is 4.79 Å². The van der Waals surface area contributed by atoms with Gasteiger partial charge < -0.3 is 9.47 Å². The van der Waals surface area contributed by atoms with Gasteiger partial charge in [0.05, 0.1) is 6.10 Å². The monoisotopic (exact) mass is 270 g/mol. The van der Waals surface area contributed by atoms with Crippen LogP contribution >= 0.6 is 11.6 Å². The van der Waals surface area contributed by atoms with E-state index < -0.39 is 11.2 Å². The Morgan fingerprint density at radius 3 is 2.33 bits per heavy atom. The van der Waals surface area contributed by atoms with Gasteiger partial charge in [-0.05, 0) is 38.4 Å². The average Bonchev–Trinajstić information content (AvgIpc) is 2.20. The zero-order chi connectivity index (χ0) is 13.9. The molecule has 0 unspecified atom stereocenters. The van der Waals surface area contributed by atoms with Gasteiger partial charge in [-0.1, -0.05) is 0 Å². The van der Waals surface area contributed by atoms with Crippen LogP contribution < -0.4 is 9.47 Å². The van der Waals surface area contributed by atoms with E-state index in [4.69, 9.17) is 21.1 Å². The van der Waals surface area contributed by atoms with Crippen LogP contribution in [0.15, 0.2) is 12.1 Å². The maximum absolute atomic E-state index is 11.3. The third-order valence-corrected chi connectivity index (χ3v) is 2.37. The molecule has 0 bridgehead atoms. The van der Waals surface area contributed by atoms with Gasteiger partial charge in [-0.25, -0.2) is 0 Å². The van der Waals surface area contributed by atoms with Crippen molar-refractivity contribution in [1.82, 2.24) is 0 Å². The van der Waals surface area contributed by atoms with E-state index in [1.54, 1.807) is 13.0 Å². The summed E-state index contributed by atoms with van der Waals surface area (Å²) in [5.74, 6) is 0.253. The Morgan fingerprint density at radius 2 is 1.89 bits per heavy atom. The van der Waals surface area contributed by atoms with Crippen molar-refractivity contribution in [3.8, 4) is 11.5 Å². The summed E-state index contributed by atoms with van der Waals surface area (Å²) in [6.45, 7) is 6.73. The van der Waals surface area contributed by atoms with E-state index >= 15 is 0 Å². The average molecular weight is 271 g/mol. The number of hydrogen-bond donors (Lipinski definition) is 0. The lowest BCUT2D eigenvalue weighted by Crippen LogP contribution is -2.10. The lowest BCUT2D eigenvalue weighted by atomic mass is 10.1. The first-order chi connectivity index (χ1) is 8.31. The zero-order valence-electron chi connectivity index (χ0n) is 10.7. The summed E-state index contributed by atoms with van der Waals surface area (Å²) >= 11 is 5.49. The summed E-state index contributed by atoms with van der Waals surface area (Å²) in [5.41, 5.74) is 0.894. The molecule has 18 heavy (non-hydrogen) atoms. The Hall–Kier alpha value is -1.55. The minimum Gasteiger partial charge on any atom is -0.491 e. The van der Waals surface area contributed by atoms with Crippen LogP contribution in [0.3, 0.4) is 0 Å². The summed E-state index contributed by atoms with van der Waals surface area (Å²) in [4.78, 5) is 22.2. The lowest BCUT2D eigenvalue weighted by Gasteiger charge is -2.15. The molecule has 0 aliphatic heterocycles. The van der Waals surface area contributed by atoms with Crippen LogP contribution in [0.2, 0.25) is 0 Å². The molecule has 0 amide bonds. The van der Waals surface area contributed by atoms with Crippen molar-refractivity contribution in [2.24, 2.45) is 0 Å². The van der Waals surface area contributed by atoms with Gasteiger partial charge >= 0.3 is 5.97 Å². The second-order valence-corrected chi connectivity index (χ2v) is 4.47. The summed E-state index contributed by atoms with van der Waals surface area (Å²) in [7, 11) is 0.